The average molecular weight is 271 g/mol. The number of hydrogen-bond donors (Lipinski definition) is 0. The maximum atomic E-state index is 12.2. The maximum absolute atomic E-state index is 12.2. The Bertz CT molecular complexity index is 824. The predicted molar refractivity (Wildman–Crippen MR) is 76.6 cm³/mol. The monoisotopic (exact) mass is 270 g/mol. The van der Waals surface area contributed by atoms with E-state index >= 15 is 0 Å². The lowest BCUT2D eigenvalue weighted by Crippen LogP contribution is -2.16. The lowest BCUT2D eigenvalue weighted by Gasteiger charge is -2.06. The zero-order chi connectivity index (χ0) is 13.4. The van der Waals surface area contributed by atoms with Gasteiger partial charge in [-0.15, -0.1) is 0 Å². The van der Waals surface area contributed by atoms with Crippen LogP contribution in [0.4, 0.5) is 0 Å². The molecule has 0 spiro atoms. The highest BCUT2D eigenvalue weighted by Crippen LogP contribution is 2.20. The van der Waals surface area contributed by atoms with Gasteiger partial charge in [-0.3, -0.25) is 9.20 Å². The van der Waals surface area contributed by atoms with Crippen LogP contribution in [0.25, 0.3) is 16.9 Å². The molecule has 0 saturated heterocycles. The molecule has 4 heteroatoms. The van der Waals surface area contributed by atoms with E-state index in [4.69, 9.17) is 11.6 Å². The van der Waals surface area contributed by atoms with Crippen LogP contribution in [0.5, 0.6) is 0 Å². The van der Waals surface area contributed by atoms with Crippen LogP contribution in [0.2, 0.25) is 5.02 Å². The number of halogens is 1. The molecule has 0 aliphatic heterocycles. The summed E-state index contributed by atoms with van der Waals surface area (Å²) in [5, 5.41) is 0.628. The summed E-state index contributed by atoms with van der Waals surface area (Å²) >= 11 is 5.97. The number of benzene rings is 1. The lowest BCUT2D eigenvalue weighted by molar-refractivity contribution is 0.993. The van der Waals surface area contributed by atoms with Gasteiger partial charge in [0.1, 0.15) is 5.65 Å². The van der Waals surface area contributed by atoms with E-state index in [9.17, 15) is 4.79 Å². The molecule has 3 rings (SSSR count). The van der Waals surface area contributed by atoms with Crippen molar-refractivity contribution < 1.29 is 0 Å². The van der Waals surface area contributed by atoms with E-state index < -0.39 is 0 Å². The first-order valence-electron chi connectivity index (χ1n) is 5.90. The number of hydrogen-bond acceptors (Lipinski definition) is 2. The summed E-state index contributed by atoms with van der Waals surface area (Å²) < 4.78 is 1.59. The molecule has 3 aromatic rings. The fourth-order valence-electron chi connectivity index (χ4n) is 2.11. The van der Waals surface area contributed by atoms with Crippen molar-refractivity contribution in [3.63, 3.8) is 0 Å². The van der Waals surface area contributed by atoms with Gasteiger partial charge < -0.3 is 0 Å². The van der Waals surface area contributed by atoms with Crippen molar-refractivity contribution in [2.75, 3.05) is 0 Å². The van der Waals surface area contributed by atoms with Crippen LogP contribution in [-0.4, -0.2) is 9.38 Å². The SMILES string of the molecule is Cc1cccc2nc(-c3cccc(Cl)c3)cc(=O)n12. The van der Waals surface area contributed by atoms with E-state index in [-0.39, 0.29) is 5.56 Å². The van der Waals surface area contributed by atoms with Gasteiger partial charge in [-0.25, -0.2) is 4.98 Å². The Balaban J connectivity index is 2.30. The lowest BCUT2D eigenvalue weighted by atomic mass is 10.1. The van der Waals surface area contributed by atoms with Crippen molar-refractivity contribution in [3.05, 3.63) is 69.6 Å². The molecule has 0 aliphatic rings. The molecule has 0 radical (unpaired) electrons. The van der Waals surface area contributed by atoms with Crippen molar-refractivity contribution >= 4 is 17.2 Å². The summed E-state index contributed by atoms with van der Waals surface area (Å²) in [6.45, 7) is 1.88. The summed E-state index contributed by atoms with van der Waals surface area (Å²) in [4.78, 5) is 16.7. The number of rotatable bonds is 1. The fraction of sp³-hybridized carbons (Fsp3) is 0.0667. The molecule has 0 amide bonds. The molecule has 3 nitrogen and oxygen atoms in total. The summed E-state index contributed by atoms with van der Waals surface area (Å²) in [5.41, 5.74) is 2.90. The van der Waals surface area contributed by atoms with Gasteiger partial charge >= 0.3 is 0 Å². The van der Waals surface area contributed by atoms with Crippen LogP contribution in [0.1, 0.15) is 5.69 Å². The van der Waals surface area contributed by atoms with Crippen molar-refractivity contribution in [2.45, 2.75) is 6.92 Å². The zero-order valence-electron chi connectivity index (χ0n) is 10.3. The van der Waals surface area contributed by atoms with E-state index in [0.29, 0.717) is 16.4 Å². The second kappa shape index (κ2) is 4.52. The quantitative estimate of drug-likeness (QED) is 0.680. The Morgan fingerprint density at radius 1 is 1.11 bits per heavy atom. The number of nitrogens with zero attached hydrogens (tertiary/aromatic N) is 2. The molecule has 0 aliphatic carbocycles. The highest BCUT2D eigenvalue weighted by Gasteiger charge is 2.06. The van der Waals surface area contributed by atoms with Crippen molar-refractivity contribution in [1.82, 2.24) is 9.38 Å². The Hall–Kier alpha value is -2.13. The van der Waals surface area contributed by atoms with E-state index in [0.717, 1.165) is 11.3 Å². The van der Waals surface area contributed by atoms with Gasteiger partial charge in [-0.1, -0.05) is 29.8 Å². The minimum atomic E-state index is -0.0851. The molecule has 0 N–H and O–H groups in total. The van der Waals surface area contributed by atoms with Gasteiger partial charge in [-0.2, -0.15) is 0 Å². The second-order valence-corrected chi connectivity index (χ2v) is 4.79. The van der Waals surface area contributed by atoms with E-state index in [1.807, 2.05) is 37.3 Å². The smallest absolute Gasteiger partial charge is 0.258 e. The molecular formula is C15H11ClN2O. The molecule has 1 aromatic carbocycles. The first kappa shape index (κ1) is 11.9. The van der Waals surface area contributed by atoms with Crippen molar-refractivity contribution in [3.8, 4) is 11.3 Å². The van der Waals surface area contributed by atoms with Crippen LogP contribution in [0, 0.1) is 6.92 Å². The predicted octanol–water partition coefficient (Wildman–Crippen LogP) is 3.32. The topological polar surface area (TPSA) is 34.4 Å². The second-order valence-electron chi connectivity index (χ2n) is 4.35. The van der Waals surface area contributed by atoms with Crippen LogP contribution in [0.15, 0.2) is 53.3 Å². The maximum Gasteiger partial charge on any atom is 0.258 e. The van der Waals surface area contributed by atoms with Gasteiger partial charge in [0.2, 0.25) is 0 Å². The third-order valence-electron chi connectivity index (χ3n) is 3.00. The van der Waals surface area contributed by atoms with Crippen LogP contribution in [-0.2, 0) is 0 Å². The zero-order valence-corrected chi connectivity index (χ0v) is 11.1. The molecule has 0 saturated carbocycles. The van der Waals surface area contributed by atoms with Crippen molar-refractivity contribution in [1.29, 1.82) is 0 Å². The highest BCUT2D eigenvalue weighted by atomic mass is 35.5. The third kappa shape index (κ3) is 2.13. The summed E-state index contributed by atoms with van der Waals surface area (Å²) in [7, 11) is 0. The van der Waals surface area contributed by atoms with Crippen molar-refractivity contribution in [2.24, 2.45) is 0 Å². The Kier molecular flexibility index (Phi) is 2.84. The molecule has 94 valence electrons. The molecular weight excluding hydrogens is 260 g/mol. The van der Waals surface area contributed by atoms with Gasteiger partial charge in [0.05, 0.1) is 5.69 Å². The van der Waals surface area contributed by atoms with E-state index in [1.165, 1.54) is 6.07 Å². The Morgan fingerprint density at radius 3 is 2.68 bits per heavy atom. The highest BCUT2D eigenvalue weighted by molar-refractivity contribution is 6.30. The first-order valence-corrected chi connectivity index (χ1v) is 6.28. The molecule has 0 fully saturated rings. The standard InChI is InChI=1S/C15H11ClN2O/c1-10-4-2-7-14-17-13(9-15(19)18(10)14)11-5-3-6-12(16)8-11/h2-9H,1H3. The number of aryl methyl sites for hydroxylation is 1. The summed E-state index contributed by atoms with van der Waals surface area (Å²) in [6, 6.07) is 14.5. The number of aromatic nitrogens is 2. The Labute approximate surface area is 115 Å². The summed E-state index contributed by atoms with van der Waals surface area (Å²) in [5.74, 6) is 0. The minimum absolute atomic E-state index is 0.0851. The van der Waals surface area contributed by atoms with Gasteiger partial charge in [0.15, 0.2) is 0 Å². The minimum Gasteiger partial charge on any atom is -0.269 e. The molecule has 0 bridgehead atoms. The molecule has 0 atom stereocenters. The third-order valence-corrected chi connectivity index (χ3v) is 3.24. The van der Waals surface area contributed by atoms with E-state index in [1.54, 1.807) is 16.5 Å². The fourth-order valence-corrected chi connectivity index (χ4v) is 2.30. The normalized spacial score (nSPS) is 10.8. The van der Waals surface area contributed by atoms with Crippen LogP contribution < -0.4 is 5.56 Å². The molecule has 19 heavy (non-hydrogen) atoms. The van der Waals surface area contributed by atoms with Crippen LogP contribution in [0.3, 0.4) is 0 Å². The number of pyridine rings is 1. The Morgan fingerprint density at radius 2 is 1.89 bits per heavy atom. The first-order chi connectivity index (χ1) is 9.15. The van der Waals surface area contributed by atoms with Crippen LogP contribution >= 0.6 is 11.6 Å². The molecule has 0 unspecified atom stereocenters. The summed E-state index contributed by atoms with van der Waals surface area (Å²) in [6.07, 6.45) is 0. The van der Waals surface area contributed by atoms with E-state index in [2.05, 4.69) is 4.98 Å². The molecule has 2 heterocycles. The number of fused-ring (bicyclic) bond motifs is 1. The van der Waals surface area contributed by atoms with Gasteiger partial charge in [0, 0.05) is 22.3 Å². The van der Waals surface area contributed by atoms with Gasteiger partial charge in [0.25, 0.3) is 5.56 Å². The average Bonchev–Trinajstić information content (AvgIpc) is 2.38. The largest absolute Gasteiger partial charge is 0.269 e. The molecule has 2 aromatic heterocycles. The van der Waals surface area contributed by atoms with Gasteiger partial charge in [-0.05, 0) is 31.2 Å².